The fourth-order valence-corrected chi connectivity index (χ4v) is 3.84. The van der Waals surface area contributed by atoms with Crippen molar-refractivity contribution in [1.29, 1.82) is 0 Å². The first kappa shape index (κ1) is 14.3. The quantitative estimate of drug-likeness (QED) is 0.833. The number of likely N-dealkylation sites (tertiary alicyclic amines) is 1. The molecule has 0 bridgehead atoms. The number of hydrogen-bond donors (Lipinski definition) is 1. The first-order valence-corrected chi connectivity index (χ1v) is 8.42. The van der Waals surface area contributed by atoms with Crippen molar-refractivity contribution in [1.82, 2.24) is 15.1 Å². The average molecular weight is 279 g/mol. The molecule has 0 radical (unpaired) electrons. The Labute approximate surface area is 122 Å². The number of nitrogens with zero attached hydrogens (tertiary/aromatic N) is 2. The lowest BCUT2D eigenvalue weighted by Gasteiger charge is -2.31. The first-order chi connectivity index (χ1) is 9.60. The van der Waals surface area contributed by atoms with Crippen molar-refractivity contribution >= 4 is 5.91 Å². The van der Waals surface area contributed by atoms with Crippen molar-refractivity contribution in [2.75, 3.05) is 13.1 Å². The number of hydrogen-bond acceptors (Lipinski definition) is 3. The maximum Gasteiger partial charge on any atom is 0.241 e. The Morgan fingerprint density at radius 3 is 2.60 bits per heavy atom. The Hall–Kier alpha value is -0.610. The molecule has 0 aromatic carbocycles. The van der Waals surface area contributed by atoms with Crippen LogP contribution in [0.1, 0.15) is 52.9 Å². The second-order valence-electron chi connectivity index (χ2n) is 7.19. The van der Waals surface area contributed by atoms with Crippen molar-refractivity contribution in [3.05, 3.63) is 0 Å². The van der Waals surface area contributed by atoms with Gasteiger partial charge in [-0.05, 0) is 38.0 Å². The van der Waals surface area contributed by atoms with Crippen LogP contribution in [0.5, 0.6) is 0 Å². The molecule has 1 amide bonds. The molecule has 1 saturated carbocycles. The zero-order chi connectivity index (χ0) is 14.3. The topological polar surface area (TPSA) is 35.6 Å². The summed E-state index contributed by atoms with van der Waals surface area (Å²) >= 11 is 0. The van der Waals surface area contributed by atoms with E-state index in [0.29, 0.717) is 17.9 Å². The third-order valence-corrected chi connectivity index (χ3v) is 5.04. The highest BCUT2D eigenvalue weighted by Gasteiger charge is 2.45. The lowest BCUT2D eigenvalue weighted by atomic mass is 10.1. The van der Waals surface area contributed by atoms with Gasteiger partial charge in [0, 0.05) is 25.2 Å². The minimum Gasteiger partial charge on any atom is -0.321 e. The van der Waals surface area contributed by atoms with E-state index in [1.807, 2.05) is 0 Å². The van der Waals surface area contributed by atoms with E-state index in [-0.39, 0.29) is 12.2 Å². The Kier molecular flexibility index (Phi) is 4.04. The molecule has 0 spiro atoms. The highest BCUT2D eigenvalue weighted by molar-refractivity contribution is 5.84. The summed E-state index contributed by atoms with van der Waals surface area (Å²) < 4.78 is 0. The molecule has 1 N–H and O–H groups in total. The fraction of sp³-hybridized carbons (Fsp3) is 0.938. The smallest absolute Gasteiger partial charge is 0.241 e. The molecule has 0 aromatic rings. The second kappa shape index (κ2) is 5.64. The van der Waals surface area contributed by atoms with Crippen molar-refractivity contribution in [2.45, 2.75) is 77.2 Å². The molecular weight excluding hydrogens is 250 g/mol. The van der Waals surface area contributed by atoms with Gasteiger partial charge >= 0.3 is 0 Å². The number of rotatable bonds is 5. The van der Waals surface area contributed by atoms with Crippen LogP contribution in [0.3, 0.4) is 0 Å². The Morgan fingerprint density at radius 1 is 1.25 bits per heavy atom. The summed E-state index contributed by atoms with van der Waals surface area (Å²) in [4.78, 5) is 17.5. The van der Waals surface area contributed by atoms with Crippen LogP contribution >= 0.6 is 0 Å². The molecule has 2 heterocycles. The molecular formula is C16H29N3O. The van der Waals surface area contributed by atoms with Crippen LogP contribution in [0.25, 0.3) is 0 Å². The molecule has 4 heteroatoms. The van der Waals surface area contributed by atoms with Gasteiger partial charge in [0.2, 0.25) is 5.91 Å². The van der Waals surface area contributed by atoms with Gasteiger partial charge in [-0.15, -0.1) is 0 Å². The maximum absolute atomic E-state index is 12.7. The van der Waals surface area contributed by atoms with Crippen LogP contribution in [-0.2, 0) is 4.79 Å². The van der Waals surface area contributed by atoms with E-state index in [0.717, 1.165) is 31.8 Å². The van der Waals surface area contributed by atoms with Crippen LogP contribution in [-0.4, -0.2) is 53.1 Å². The molecule has 3 aliphatic rings. The molecule has 1 aliphatic carbocycles. The molecule has 4 nitrogen and oxygen atoms in total. The van der Waals surface area contributed by atoms with Crippen molar-refractivity contribution < 1.29 is 4.79 Å². The third-order valence-electron chi connectivity index (χ3n) is 5.04. The van der Waals surface area contributed by atoms with E-state index in [9.17, 15) is 4.79 Å². The zero-order valence-corrected chi connectivity index (χ0v) is 13.1. The number of amides is 1. The normalized spacial score (nSPS) is 35.5. The highest BCUT2D eigenvalue weighted by Crippen LogP contribution is 2.33. The van der Waals surface area contributed by atoms with Crippen LogP contribution in [0, 0.1) is 5.92 Å². The lowest BCUT2D eigenvalue weighted by Crippen LogP contribution is -2.46. The third kappa shape index (κ3) is 2.73. The van der Waals surface area contributed by atoms with Gasteiger partial charge in [0.15, 0.2) is 0 Å². The average Bonchev–Trinajstić information content (AvgIpc) is 3.06. The summed E-state index contributed by atoms with van der Waals surface area (Å²) in [6, 6.07) is 1.32. The van der Waals surface area contributed by atoms with Gasteiger partial charge in [0.05, 0.1) is 12.2 Å². The van der Waals surface area contributed by atoms with E-state index >= 15 is 0 Å². The lowest BCUT2D eigenvalue weighted by molar-refractivity contribution is -0.132. The fourth-order valence-electron chi connectivity index (χ4n) is 3.84. The van der Waals surface area contributed by atoms with E-state index in [1.165, 1.54) is 19.4 Å². The SMILES string of the molecule is CCC1NC(CC(C)C)N(C2CCN(C3CC3)C2)C1=O. The van der Waals surface area contributed by atoms with Gasteiger partial charge in [0.25, 0.3) is 0 Å². The van der Waals surface area contributed by atoms with Crippen LogP contribution in [0.2, 0.25) is 0 Å². The van der Waals surface area contributed by atoms with Crippen molar-refractivity contribution in [3.63, 3.8) is 0 Å². The summed E-state index contributed by atoms with van der Waals surface area (Å²) in [5.41, 5.74) is 0. The molecule has 0 aromatic heterocycles. The van der Waals surface area contributed by atoms with E-state index in [4.69, 9.17) is 0 Å². The van der Waals surface area contributed by atoms with Crippen molar-refractivity contribution in [2.24, 2.45) is 5.92 Å². The predicted octanol–water partition coefficient (Wildman–Crippen LogP) is 1.81. The summed E-state index contributed by atoms with van der Waals surface area (Å²) in [5, 5.41) is 3.57. The largest absolute Gasteiger partial charge is 0.321 e. The first-order valence-electron chi connectivity index (χ1n) is 8.42. The van der Waals surface area contributed by atoms with E-state index < -0.39 is 0 Å². The van der Waals surface area contributed by atoms with Gasteiger partial charge in [0.1, 0.15) is 0 Å². The highest BCUT2D eigenvalue weighted by atomic mass is 16.2. The van der Waals surface area contributed by atoms with Gasteiger partial charge < -0.3 is 4.90 Å². The van der Waals surface area contributed by atoms with Gasteiger partial charge in [-0.1, -0.05) is 20.8 Å². The van der Waals surface area contributed by atoms with Crippen LogP contribution < -0.4 is 5.32 Å². The van der Waals surface area contributed by atoms with Crippen molar-refractivity contribution in [3.8, 4) is 0 Å². The second-order valence-corrected chi connectivity index (χ2v) is 7.19. The molecule has 3 fully saturated rings. The monoisotopic (exact) mass is 279 g/mol. The zero-order valence-electron chi connectivity index (χ0n) is 13.1. The minimum atomic E-state index is 0.0497. The molecule has 114 valence electrons. The van der Waals surface area contributed by atoms with Gasteiger partial charge in [-0.2, -0.15) is 0 Å². The number of carbonyl (C=O) groups is 1. The molecule has 3 atom stereocenters. The van der Waals surface area contributed by atoms with Crippen LogP contribution in [0.15, 0.2) is 0 Å². The Morgan fingerprint density at radius 2 is 2.00 bits per heavy atom. The number of nitrogens with one attached hydrogen (secondary N) is 1. The molecule has 3 rings (SSSR count). The summed E-state index contributed by atoms with van der Waals surface area (Å²) in [7, 11) is 0. The maximum atomic E-state index is 12.7. The van der Waals surface area contributed by atoms with Gasteiger partial charge in [-0.25, -0.2) is 0 Å². The Bertz CT molecular complexity index is 367. The molecule has 2 saturated heterocycles. The predicted molar refractivity (Wildman–Crippen MR) is 80.3 cm³/mol. The summed E-state index contributed by atoms with van der Waals surface area (Å²) in [6.07, 6.45) is 6.13. The molecule has 2 aliphatic heterocycles. The Balaban J connectivity index is 1.68. The van der Waals surface area contributed by atoms with Crippen LogP contribution in [0.4, 0.5) is 0 Å². The van der Waals surface area contributed by atoms with Gasteiger partial charge in [-0.3, -0.25) is 15.0 Å². The van der Waals surface area contributed by atoms with E-state index in [2.05, 4.69) is 35.9 Å². The minimum absolute atomic E-state index is 0.0497. The standard InChI is InChI=1S/C16H29N3O/c1-4-14-16(20)19(15(17-14)9-11(2)3)13-7-8-18(10-13)12-5-6-12/h11-15,17H,4-10H2,1-3H3. The summed E-state index contributed by atoms with van der Waals surface area (Å²) in [6.45, 7) is 8.88. The molecule has 3 unspecified atom stereocenters. The summed E-state index contributed by atoms with van der Waals surface area (Å²) in [5.74, 6) is 0.972. The molecule has 20 heavy (non-hydrogen) atoms. The van der Waals surface area contributed by atoms with E-state index in [1.54, 1.807) is 0 Å². The number of carbonyl (C=O) groups excluding carboxylic acids is 1.